The third-order valence-electron chi connectivity index (χ3n) is 5.94. The molecule has 0 spiro atoms. The van der Waals surface area contributed by atoms with Crippen LogP contribution in [-0.4, -0.2) is 19.2 Å². The number of hydrazone groups is 1. The molecule has 0 aliphatic rings. The lowest BCUT2D eigenvalue weighted by atomic mass is 10.0. The minimum atomic E-state index is -0.368. The van der Waals surface area contributed by atoms with E-state index < -0.39 is 0 Å². The van der Waals surface area contributed by atoms with Crippen molar-refractivity contribution >= 4 is 45.3 Å². The SMILES string of the molecule is COc1cc2ccccc2cc1C(=O)NN=Cc1c(OCc2ccccc2Cl)ccc2ccccc12. The molecule has 0 radical (unpaired) electrons. The van der Waals surface area contributed by atoms with E-state index in [-0.39, 0.29) is 5.91 Å². The predicted molar refractivity (Wildman–Crippen MR) is 145 cm³/mol. The van der Waals surface area contributed by atoms with Crippen molar-refractivity contribution in [3.05, 3.63) is 119 Å². The molecule has 1 N–H and O–H groups in total. The largest absolute Gasteiger partial charge is 0.496 e. The lowest BCUT2D eigenvalue weighted by Crippen LogP contribution is -2.18. The topological polar surface area (TPSA) is 59.9 Å². The van der Waals surface area contributed by atoms with Gasteiger partial charge in [-0.25, -0.2) is 5.43 Å². The van der Waals surface area contributed by atoms with Crippen LogP contribution in [0.15, 0.2) is 102 Å². The van der Waals surface area contributed by atoms with Gasteiger partial charge in [0.05, 0.1) is 18.9 Å². The zero-order chi connectivity index (χ0) is 24.9. The molecule has 36 heavy (non-hydrogen) atoms. The Hall–Kier alpha value is -4.35. The first-order valence-electron chi connectivity index (χ1n) is 11.4. The lowest BCUT2D eigenvalue weighted by molar-refractivity contribution is 0.0952. The molecule has 5 nitrogen and oxygen atoms in total. The van der Waals surface area contributed by atoms with Gasteiger partial charge in [0.1, 0.15) is 18.1 Å². The Morgan fingerprint density at radius 3 is 2.33 bits per heavy atom. The second-order valence-corrected chi connectivity index (χ2v) is 8.58. The molecule has 0 unspecified atom stereocenters. The van der Waals surface area contributed by atoms with E-state index in [1.807, 2.05) is 91.0 Å². The highest BCUT2D eigenvalue weighted by molar-refractivity contribution is 6.31. The zero-order valence-corrected chi connectivity index (χ0v) is 20.3. The van der Waals surface area contributed by atoms with Gasteiger partial charge in [0, 0.05) is 16.1 Å². The number of nitrogens with one attached hydrogen (secondary N) is 1. The number of ether oxygens (including phenoxy) is 2. The van der Waals surface area contributed by atoms with Crippen molar-refractivity contribution in [2.45, 2.75) is 6.61 Å². The van der Waals surface area contributed by atoms with Crippen LogP contribution in [0.3, 0.4) is 0 Å². The number of hydrogen-bond donors (Lipinski definition) is 1. The van der Waals surface area contributed by atoms with Crippen LogP contribution in [0.1, 0.15) is 21.5 Å². The number of carbonyl (C=O) groups is 1. The number of amides is 1. The Kier molecular flexibility index (Phi) is 6.83. The summed E-state index contributed by atoms with van der Waals surface area (Å²) in [6, 6.07) is 30.8. The average Bonchev–Trinajstić information content (AvgIpc) is 2.92. The molecule has 0 aromatic heterocycles. The Labute approximate surface area is 213 Å². The van der Waals surface area contributed by atoms with Gasteiger partial charge in [-0.2, -0.15) is 5.10 Å². The number of rotatable bonds is 7. The maximum atomic E-state index is 13.0. The number of methoxy groups -OCH3 is 1. The quantitative estimate of drug-likeness (QED) is 0.196. The maximum Gasteiger partial charge on any atom is 0.275 e. The molecule has 6 heteroatoms. The third-order valence-corrected chi connectivity index (χ3v) is 6.31. The van der Waals surface area contributed by atoms with E-state index in [0.717, 1.165) is 32.7 Å². The van der Waals surface area contributed by atoms with Gasteiger partial charge in [-0.05, 0) is 45.8 Å². The highest BCUT2D eigenvalue weighted by Gasteiger charge is 2.14. The predicted octanol–water partition coefficient (Wildman–Crippen LogP) is 7.00. The summed E-state index contributed by atoms with van der Waals surface area (Å²) >= 11 is 6.30. The van der Waals surface area contributed by atoms with Crippen molar-refractivity contribution in [3.8, 4) is 11.5 Å². The van der Waals surface area contributed by atoms with E-state index in [1.165, 1.54) is 0 Å². The summed E-state index contributed by atoms with van der Waals surface area (Å²) in [5.41, 5.74) is 4.68. The first kappa shape index (κ1) is 23.4. The highest BCUT2D eigenvalue weighted by Crippen LogP contribution is 2.29. The minimum Gasteiger partial charge on any atom is -0.496 e. The molecular formula is C30H23ClN2O3. The molecule has 0 aliphatic carbocycles. The normalized spacial score (nSPS) is 11.2. The van der Waals surface area contributed by atoms with Gasteiger partial charge in [-0.3, -0.25) is 4.79 Å². The average molecular weight is 495 g/mol. The number of benzene rings is 5. The molecule has 0 bridgehead atoms. The molecule has 0 saturated carbocycles. The van der Waals surface area contributed by atoms with E-state index in [4.69, 9.17) is 21.1 Å². The second-order valence-electron chi connectivity index (χ2n) is 8.18. The first-order chi connectivity index (χ1) is 17.6. The molecule has 1 amide bonds. The van der Waals surface area contributed by atoms with Crippen molar-refractivity contribution < 1.29 is 14.3 Å². The lowest BCUT2D eigenvalue weighted by Gasteiger charge is -2.13. The van der Waals surface area contributed by atoms with Crippen LogP contribution < -0.4 is 14.9 Å². The van der Waals surface area contributed by atoms with Gasteiger partial charge >= 0.3 is 0 Å². The fraction of sp³-hybridized carbons (Fsp3) is 0.0667. The molecule has 0 aliphatic heterocycles. The van der Waals surface area contributed by atoms with Crippen molar-refractivity contribution in [3.63, 3.8) is 0 Å². The summed E-state index contributed by atoms with van der Waals surface area (Å²) in [6.07, 6.45) is 1.61. The zero-order valence-electron chi connectivity index (χ0n) is 19.6. The van der Waals surface area contributed by atoms with Crippen LogP contribution in [0.25, 0.3) is 21.5 Å². The van der Waals surface area contributed by atoms with Crippen LogP contribution in [0.4, 0.5) is 0 Å². The van der Waals surface area contributed by atoms with Crippen LogP contribution in [0.5, 0.6) is 11.5 Å². The number of carbonyl (C=O) groups excluding carboxylic acids is 1. The third kappa shape index (κ3) is 4.88. The van der Waals surface area contributed by atoms with Crippen LogP contribution in [-0.2, 0) is 6.61 Å². The van der Waals surface area contributed by atoms with Crippen LogP contribution in [0, 0.1) is 0 Å². The van der Waals surface area contributed by atoms with Gasteiger partial charge in [0.15, 0.2) is 0 Å². The van der Waals surface area contributed by atoms with E-state index >= 15 is 0 Å². The van der Waals surface area contributed by atoms with Gasteiger partial charge in [-0.1, -0.05) is 84.4 Å². The van der Waals surface area contributed by atoms with Gasteiger partial charge < -0.3 is 9.47 Å². The monoisotopic (exact) mass is 494 g/mol. The molecule has 0 fully saturated rings. The van der Waals surface area contributed by atoms with Crippen molar-refractivity contribution in [1.29, 1.82) is 0 Å². The molecule has 178 valence electrons. The molecule has 0 heterocycles. The summed E-state index contributed by atoms with van der Waals surface area (Å²) in [6.45, 7) is 0.305. The molecule has 5 aromatic rings. The standard InChI is InChI=1S/C30H23ClN2O3/c1-35-29-17-22-10-3-2-9-21(22)16-25(29)30(34)33-32-18-26-24-12-6-4-8-20(24)14-15-28(26)36-19-23-11-5-7-13-27(23)31/h2-18H,19H2,1H3,(H,33,34). The Morgan fingerprint density at radius 2 is 1.56 bits per heavy atom. The summed E-state index contributed by atoms with van der Waals surface area (Å²) in [4.78, 5) is 13.0. The fourth-order valence-electron chi connectivity index (χ4n) is 4.09. The van der Waals surface area contributed by atoms with E-state index in [2.05, 4.69) is 10.5 Å². The molecule has 5 rings (SSSR count). The van der Waals surface area contributed by atoms with Crippen molar-refractivity contribution in [2.75, 3.05) is 7.11 Å². The summed E-state index contributed by atoms with van der Waals surface area (Å²) in [7, 11) is 1.54. The van der Waals surface area contributed by atoms with Gasteiger partial charge in [0.25, 0.3) is 5.91 Å². The Balaban J connectivity index is 1.43. The second kappa shape index (κ2) is 10.5. The fourth-order valence-corrected chi connectivity index (χ4v) is 4.28. The van der Waals surface area contributed by atoms with Crippen LogP contribution >= 0.6 is 11.6 Å². The number of halogens is 1. The Bertz CT molecular complexity index is 1600. The molecular weight excluding hydrogens is 472 g/mol. The smallest absolute Gasteiger partial charge is 0.275 e. The molecule has 0 saturated heterocycles. The van der Waals surface area contributed by atoms with Crippen molar-refractivity contribution in [2.24, 2.45) is 5.10 Å². The minimum absolute atomic E-state index is 0.305. The van der Waals surface area contributed by atoms with E-state index in [1.54, 1.807) is 19.4 Å². The van der Waals surface area contributed by atoms with E-state index in [0.29, 0.717) is 28.7 Å². The maximum absolute atomic E-state index is 13.0. The summed E-state index contributed by atoms with van der Waals surface area (Å²) in [5.74, 6) is 0.748. The van der Waals surface area contributed by atoms with E-state index in [9.17, 15) is 4.79 Å². The molecule has 5 aromatic carbocycles. The first-order valence-corrected chi connectivity index (χ1v) is 11.8. The number of hydrogen-bond acceptors (Lipinski definition) is 4. The van der Waals surface area contributed by atoms with Crippen LogP contribution in [0.2, 0.25) is 5.02 Å². The van der Waals surface area contributed by atoms with Gasteiger partial charge in [-0.15, -0.1) is 0 Å². The number of nitrogens with zero attached hydrogens (tertiary/aromatic N) is 1. The summed E-state index contributed by atoms with van der Waals surface area (Å²) < 4.78 is 11.6. The Morgan fingerprint density at radius 1 is 0.861 bits per heavy atom. The summed E-state index contributed by atoms with van der Waals surface area (Å²) in [5, 5.41) is 8.83. The van der Waals surface area contributed by atoms with Gasteiger partial charge in [0.2, 0.25) is 0 Å². The highest BCUT2D eigenvalue weighted by atomic mass is 35.5. The van der Waals surface area contributed by atoms with Crippen molar-refractivity contribution in [1.82, 2.24) is 5.43 Å². The number of fused-ring (bicyclic) bond motifs is 2. The molecule has 0 atom stereocenters.